The van der Waals surface area contributed by atoms with Crippen LogP contribution in [0.25, 0.3) is 5.57 Å². The molecule has 1 aromatic carbocycles. The maximum atomic E-state index is 11.9. The molecule has 98 valence electrons. The lowest BCUT2D eigenvalue weighted by atomic mass is 9.85. The average molecular weight is 257 g/mol. The molecule has 0 saturated heterocycles. The monoisotopic (exact) mass is 257 g/mol. The highest BCUT2D eigenvalue weighted by molar-refractivity contribution is 6.07. The van der Waals surface area contributed by atoms with Gasteiger partial charge in [-0.3, -0.25) is 9.59 Å². The molecule has 0 bridgehead atoms. The highest BCUT2D eigenvalue weighted by Crippen LogP contribution is 2.52. The summed E-state index contributed by atoms with van der Waals surface area (Å²) in [6.45, 7) is 0. The number of Topliss-reactive ketones (excluding diaryl/α,β-unsaturated/α-hetero) is 1. The van der Waals surface area contributed by atoms with E-state index in [-0.39, 0.29) is 12.2 Å². The normalized spacial score (nSPS) is 29.7. The Hall–Kier alpha value is -1.94. The van der Waals surface area contributed by atoms with Gasteiger partial charge >= 0.3 is 0 Å². The molecule has 3 N–H and O–H groups in total. The molecule has 0 unspecified atom stereocenters. The van der Waals surface area contributed by atoms with Crippen molar-refractivity contribution in [1.82, 2.24) is 0 Å². The minimum absolute atomic E-state index is 0.0205. The number of ketones is 1. The van der Waals surface area contributed by atoms with E-state index in [9.17, 15) is 14.7 Å². The molecule has 0 aliphatic heterocycles. The molecule has 4 nitrogen and oxygen atoms in total. The predicted molar refractivity (Wildman–Crippen MR) is 69.9 cm³/mol. The topological polar surface area (TPSA) is 80.4 Å². The second-order valence-electron chi connectivity index (χ2n) is 5.23. The highest BCUT2D eigenvalue weighted by Gasteiger charge is 2.55. The van der Waals surface area contributed by atoms with Crippen LogP contribution in [0.3, 0.4) is 0 Å². The summed E-state index contributed by atoms with van der Waals surface area (Å²) in [5, 5.41) is 10.8. The van der Waals surface area contributed by atoms with Crippen molar-refractivity contribution in [3.05, 3.63) is 41.5 Å². The molecule has 2 atom stereocenters. The second kappa shape index (κ2) is 4.03. The summed E-state index contributed by atoms with van der Waals surface area (Å²) in [6.07, 6.45) is 0.996. The molecule has 1 fully saturated rings. The SMILES string of the molecule is NC(=O)C1=C(c2ccccc2)[C@]2(O)CCC(=O)[C@@H]2C1. The van der Waals surface area contributed by atoms with Gasteiger partial charge in [-0.25, -0.2) is 0 Å². The van der Waals surface area contributed by atoms with Crippen LogP contribution in [0.2, 0.25) is 0 Å². The number of primary amides is 1. The maximum absolute atomic E-state index is 11.9. The minimum atomic E-state index is -1.22. The molecule has 0 spiro atoms. The fraction of sp³-hybridized carbons (Fsp3) is 0.333. The maximum Gasteiger partial charge on any atom is 0.245 e. The predicted octanol–water partition coefficient (Wildman–Crippen LogP) is 1.04. The van der Waals surface area contributed by atoms with Crippen LogP contribution in [-0.4, -0.2) is 22.4 Å². The van der Waals surface area contributed by atoms with Crippen LogP contribution in [0.15, 0.2) is 35.9 Å². The van der Waals surface area contributed by atoms with Gasteiger partial charge in [-0.15, -0.1) is 0 Å². The molecule has 4 heteroatoms. The van der Waals surface area contributed by atoms with E-state index in [0.717, 1.165) is 5.56 Å². The summed E-state index contributed by atoms with van der Waals surface area (Å²) >= 11 is 0. The first kappa shape index (κ1) is 12.1. The van der Waals surface area contributed by atoms with Crippen LogP contribution < -0.4 is 5.73 Å². The third kappa shape index (κ3) is 1.64. The molecule has 1 saturated carbocycles. The number of aliphatic hydroxyl groups is 1. The van der Waals surface area contributed by atoms with E-state index < -0.39 is 17.4 Å². The van der Waals surface area contributed by atoms with Crippen molar-refractivity contribution >= 4 is 17.3 Å². The first-order valence-electron chi connectivity index (χ1n) is 6.38. The zero-order valence-corrected chi connectivity index (χ0v) is 10.4. The number of hydrogen-bond donors (Lipinski definition) is 2. The van der Waals surface area contributed by atoms with Crippen molar-refractivity contribution in [2.45, 2.75) is 24.9 Å². The van der Waals surface area contributed by atoms with Gasteiger partial charge in [0.25, 0.3) is 0 Å². The van der Waals surface area contributed by atoms with Gasteiger partial charge < -0.3 is 10.8 Å². The Morgan fingerprint density at radius 2 is 2.00 bits per heavy atom. The summed E-state index contributed by atoms with van der Waals surface area (Å²) in [6, 6.07) is 9.22. The summed E-state index contributed by atoms with van der Waals surface area (Å²) < 4.78 is 0. The van der Waals surface area contributed by atoms with Gasteiger partial charge in [-0.2, -0.15) is 0 Å². The summed E-state index contributed by atoms with van der Waals surface area (Å²) in [4.78, 5) is 23.5. The van der Waals surface area contributed by atoms with Crippen LogP contribution in [0.5, 0.6) is 0 Å². The summed E-state index contributed by atoms with van der Waals surface area (Å²) in [5.41, 5.74) is 5.92. The molecular weight excluding hydrogens is 242 g/mol. The van der Waals surface area contributed by atoms with E-state index in [1.165, 1.54) is 0 Å². The first-order chi connectivity index (χ1) is 9.04. The van der Waals surface area contributed by atoms with Crippen molar-refractivity contribution in [2.24, 2.45) is 11.7 Å². The molecule has 0 aromatic heterocycles. The van der Waals surface area contributed by atoms with Crippen molar-refractivity contribution in [1.29, 1.82) is 0 Å². The van der Waals surface area contributed by atoms with E-state index in [2.05, 4.69) is 0 Å². The number of benzene rings is 1. The van der Waals surface area contributed by atoms with E-state index >= 15 is 0 Å². The Morgan fingerprint density at radius 3 is 2.63 bits per heavy atom. The average Bonchev–Trinajstić information content (AvgIpc) is 2.85. The number of carbonyl (C=O) groups excluding carboxylic acids is 2. The van der Waals surface area contributed by atoms with E-state index in [1.807, 2.05) is 30.3 Å². The van der Waals surface area contributed by atoms with E-state index in [1.54, 1.807) is 0 Å². The van der Waals surface area contributed by atoms with Crippen LogP contribution in [0.4, 0.5) is 0 Å². The fourth-order valence-corrected chi connectivity index (χ4v) is 3.33. The Balaban J connectivity index is 2.18. The number of fused-ring (bicyclic) bond motifs is 1. The van der Waals surface area contributed by atoms with Crippen LogP contribution in [-0.2, 0) is 9.59 Å². The Morgan fingerprint density at radius 1 is 1.32 bits per heavy atom. The van der Waals surface area contributed by atoms with Crippen molar-refractivity contribution in [2.75, 3.05) is 0 Å². The van der Waals surface area contributed by atoms with Crippen molar-refractivity contribution in [3.8, 4) is 0 Å². The minimum Gasteiger partial charge on any atom is -0.384 e. The van der Waals surface area contributed by atoms with Crippen LogP contribution in [0.1, 0.15) is 24.8 Å². The van der Waals surface area contributed by atoms with Crippen molar-refractivity contribution in [3.63, 3.8) is 0 Å². The molecule has 1 aromatic rings. The lowest BCUT2D eigenvalue weighted by Gasteiger charge is -2.26. The smallest absolute Gasteiger partial charge is 0.245 e. The molecule has 19 heavy (non-hydrogen) atoms. The molecule has 0 radical (unpaired) electrons. The molecule has 2 aliphatic rings. The number of rotatable bonds is 2. The Kier molecular flexibility index (Phi) is 2.57. The number of amides is 1. The van der Waals surface area contributed by atoms with Gasteiger partial charge in [0, 0.05) is 17.6 Å². The van der Waals surface area contributed by atoms with Crippen LogP contribution >= 0.6 is 0 Å². The van der Waals surface area contributed by atoms with Gasteiger partial charge in [0.15, 0.2) is 0 Å². The third-order valence-electron chi connectivity index (χ3n) is 4.22. The standard InChI is InChI=1S/C15H15NO3/c16-14(18)10-8-11-12(17)6-7-15(11,19)13(10)9-4-2-1-3-5-9/h1-5,11,19H,6-8H2,(H2,16,18)/t11-,15-/m0/s1. The quantitative estimate of drug-likeness (QED) is 0.830. The van der Waals surface area contributed by atoms with Gasteiger partial charge in [0.05, 0.1) is 5.92 Å². The van der Waals surface area contributed by atoms with E-state index in [4.69, 9.17) is 5.73 Å². The molecule has 2 aliphatic carbocycles. The van der Waals surface area contributed by atoms with Crippen molar-refractivity contribution < 1.29 is 14.7 Å². The molecule has 3 rings (SSSR count). The Labute approximate surface area is 110 Å². The number of nitrogens with two attached hydrogens (primary N) is 1. The van der Waals surface area contributed by atoms with E-state index in [0.29, 0.717) is 24.0 Å². The zero-order chi connectivity index (χ0) is 13.6. The second-order valence-corrected chi connectivity index (χ2v) is 5.23. The van der Waals surface area contributed by atoms with Gasteiger partial charge in [0.2, 0.25) is 5.91 Å². The Bertz CT molecular complexity index is 591. The summed E-state index contributed by atoms with van der Waals surface area (Å²) in [5.74, 6) is -1.04. The highest BCUT2D eigenvalue weighted by atomic mass is 16.3. The van der Waals surface area contributed by atoms with Crippen LogP contribution in [0, 0.1) is 5.92 Å². The first-order valence-corrected chi connectivity index (χ1v) is 6.38. The van der Waals surface area contributed by atoms with Gasteiger partial charge in [-0.1, -0.05) is 30.3 Å². The molecule has 1 amide bonds. The third-order valence-corrected chi connectivity index (χ3v) is 4.22. The van der Waals surface area contributed by atoms with Gasteiger partial charge in [0.1, 0.15) is 11.4 Å². The fourth-order valence-electron chi connectivity index (χ4n) is 3.33. The van der Waals surface area contributed by atoms with Gasteiger partial charge in [-0.05, 0) is 18.4 Å². The lowest BCUT2D eigenvalue weighted by molar-refractivity contribution is -0.122. The number of carbonyl (C=O) groups is 2. The summed E-state index contributed by atoms with van der Waals surface area (Å²) in [7, 11) is 0. The molecule has 0 heterocycles. The molecular formula is C15H15NO3. The number of hydrogen-bond acceptors (Lipinski definition) is 3. The zero-order valence-electron chi connectivity index (χ0n) is 10.4. The lowest BCUT2D eigenvalue weighted by Crippen LogP contribution is -2.32. The largest absolute Gasteiger partial charge is 0.384 e.